The number of rotatable bonds is 2. The van der Waals surface area contributed by atoms with Crippen LogP contribution in [0.1, 0.15) is 16.7 Å². The van der Waals surface area contributed by atoms with Crippen molar-refractivity contribution in [3.8, 4) is 0 Å². The van der Waals surface area contributed by atoms with E-state index in [2.05, 4.69) is 42.3 Å². The number of carbonyl (C=O) groups excluding carboxylic acids is 1. The van der Waals surface area contributed by atoms with E-state index >= 15 is 0 Å². The van der Waals surface area contributed by atoms with Crippen LogP contribution in [0.25, 0.3) is 0 Å². The van der Waals surface area contributed by atoms with E-state index in [9.17, 15) is 4.79 Å². The molecule has 4 heteroatoms. The van der Waals surface area contributed by atoms with Gasteiger partial charge in [-0.15, -0.1) is 0 Å². The summed E-state index contributed by atoms with van der Waals surface area (Å²) in [6.45, 7) is 9.47. The molecule has 0 atom stereocenters. The van der Waals surface area contributed by atoms with Gasteiger partial charge in [-0.25, -0.2) is 4.79 Å². The van der Waals surface area contributed by atoms with Crippen molar-refractivity contribution in [2.75, 3.05) is 36.4 Å². The molecule has 126 valence electrons. The standard InChI is InChI=1S/C20H25N3O/c1-15-12-16(2)14-18(13-15)22-8-10-23(11-9-22)20(24)21-19-7-5-4-6-17(19)3/h4-7,12-14H,8-11H2,1-3H3,(H,21,24). The van der Waals surface area contributed by atoms with E-state index in [1.165, 1.54) is 16.8 Å². The third-order valence-corrected chi connectivity index (χ3v) is 4.53. The molecule has 0 spiro atoms. The Morgan fingerprint density at radius 3 is 2.17 bits per heavy atom. The highest BCUT2D eigenvalue weighted by Crippen LogP contribution is 2.21. The molecule has 1 aliphatic heterocycles. The fourth-order valence-electron chi connectivity index (χ4n) is 3.21. The third kappa shape index (κ3) is 3.70. The predicted molar refractivity (Wildman–Crippen MR) is 99.9 cm³/mol. The Bertz CT molecular complexity index is 713. The maximum atomic E-state index is 12.5. The van der Waals surface area contributed by atoms with E-state index in [0.717, 1.165) is 37.4 Å². The molecule has 0 saturated carbocycles. The number of piperazine rings is 1. The summed E-state index contributed by atoms with van der Waals surface area (Å²) in [5, 5.41) is 3.02. The van der Waals surface area contributed by atoms with E-state index < -0.39 is 0 Å². The van der Waals surface area contributed by atoms with Crippen LogP contribution in [-0.2, 0) is 0 Å². The Labute approximate surface area is 144 Å². The molecule has 0 aliphatic carbocycles. The minimum Gasteiger partial charge on any atom is -0.368 e. The number of amides is 2. The maximum absolute atomic E-state index is 12.5. The summed E-state index contributed by atoms with van der Waals surface area (Å²) < 4.78 is 0. The fraction of sp³-hybridized carbons (Fsp3) is 0.350. The first kappa shape index (κ1) is 16.4. The molecule has 1 heterocycles. The number of nitrogens with zero attached hydrogens (tertiary/aromatic N) is 2. The smallest absolute Gasteiger partial charge is 0.321 e. The molecule has 0 aromatic heterocycles. The van der Waals surface area contributed by atoms with Crippen molar-refractivity contribution >= 4 is 17.4 Å². The van der Waals surface area contributed by atoms with Crippen LogP contribution in [0.2, 0.25) is 0 Å². The second kappa shape index (κ2) is 6.95. The third-order valence-electron chi connectivity index (χ3n) is 4.53. The highest BCUT2D eigenvalue weighted by atomic mass is 16.2. The Hall–Kier alpha value is -2.49. The molecule has 1 saturated heterocycles. The van der Waals surface area contributed by atoms with Crippen LogP contribution in [-0.4, -0.2) is 37.1 Å². The van der Waals surface area contributed by atoms with Crippen molar-refractivity contribution in [2.45, 2.75) is 20.8 Å². The lowest BCUT2D eigenvalue weighted by atomic mass is 10.1. The average Bonchev–Trinajstić information content (AvgIpc) is 2.56. The number of anilines is 2. The lowest BCUT2D eigenvalue weighted by Gasteiger charge is -2.36. The number of nitrogens with one attached hydrogen (secondary N) is 1. The van der Waals surface area contributed by atoms with Crippen molar-refractivity contribution < 1.29 is 4.79 Å². The zero-order valence-corrected chi connectivity index (χ0v) is 14.7. The van der Waals surface area contributed by atoms with Crippen LogP contribution in [0.5, 0.6) is 0 Å². The van der Waals surface area contributed by atoms with Gasteiger partial charge in [0.25, 0.3) is 0 Å². The number of hydrogen-bond acceptors (Lipinski definition) is 2. The van der Waals surface area contributed by atoms with E-state index in [4.69, 9.17) is 0 Å². The average molecular weight is 323 g/mol. The van der Waals surface area contributed by atoms with E-state index in [0.29, 0.717) is 0 Å². The molecule has 2 amide bonds. The quantitative estimate of drug-likeness (QED) is 0.908. The first-order valence-electron chi connectivity index (χ1n) is 8.48. The maximum Gasteiger partial charge on any atom is 0.321 e. The van der Waals surface area contributed by atoms with Crippen LogP contribution in [0.4, 0.5) is 16.2 Å². The molecular weight excluding hydrogens is 298 g/mol. The van der Waals surface area contributed by atoms with Gasteiger partial charge in [-0.1, -0.05) is 24.3 Å². The molecule has 0 unspecified atom stereocenters. The summed E-state index contributed by atoms with van der Waals surface area (Å²) in [5.41, 5.74) is 5.79. The highest BCUT2D eigenvalue weighted by Gasteiger charge is 2.21. The van der Waals surface area contributed by atoms with Gasteiger partial charge >= 0.3 is 6.03 Å². The monoisotopic (exact) mass is 323 g/mol. The minimum absolute atomic E-state index is 0.00984. The number of urea groups is 1. The van der Waals surface area contributed by atoms with E-state index in [-0.39, 0.29) is 6.03 Å². The molecule has 3 rings (SSSR count). The number of carbonyl (C=O) groups is 1. The zero-order chi connectivity index (χ0) is 17.1. The summed E-state index contributed by atoms with van der Waals surface area (Å²) >= 11 is 0. The summed E-state index contributed by atoms with van der Waals surface area (Å²) in [6, 6.07) is 14.5. The summed E-state index contributed by atoms with van der Waals surface area (Å²) in [5.74, 6) is 0. The van der Waals surface area contributed by atoms with Gasteiger partial charge in [0, 0.05) is 37.6 Å². The van der Waals surface area contributed by atoms with Gasteiger partial charge < -0.3 is 15.1 Å². The molecule has 2 aromatic carbocycles. The van der Waals surface area contributed by atoms with E-state index in [1.54, 1.807) is 0 Å². The summed E-state index contributed by atoms with van der Waals surface area (Å²) in [6.07, 6.45) is 0. The second-order valence-electron chi connectivity index (χ2n) is 6.57. The first-order valence-corrected chi connectivity index (χ1v) is 8.48. The molecule has 0 radical (unpaired) electrons. The summed E-state index contributed by atoms with van der Waals surface area (Å²) in [7, 11) is 0. The topological polar surface area (TPSA) is 35.6 Å². The van der Waals surface area contributed by atoms with Crippen molar-refractivity contribution in [2.24, 2.45) is 0 Å². The van der Waals surface area contributed by atoms with Crippen molar-refractivity contribution in [3.63, 3.8) is 0 Å². The fourth-order valence-corrected chi connectivity index (χ4v) is 3.21. The van der Waals surface area contributed by atoms with Crippen LogP contribution in [0.15, 0.2) is 42.5 Å². The van der Waals surface area contributed by atoms with Gasteiger partial charge in [-0.3, -0.25) is 0 Å². The molecule has 24 heavy (non-hydrogen) atoms. The Kier molecular flexibility index (Phi) is 4.74. The normalized spacial score (nSPS) is 14.6. The Morgan fingerprint density at radius 2 is 1.54 bits per heavy atom. The number of para-hydroxylation sites is 1. The van der Waals surface area contributed by atoms with Crippen LogP contribution < -0.4 is 10.2 Å². The predicted octanol–water partition coefficient (Wildman–Crippen LogP) is 3.97. The molecule has 1 fully saturated rings. The molecule has 1 N–H and O–H groups in total. The Morgan fingerprint density at radius 1 is 0.917 bits per heavy atom. The first-order chi connectivity index (χ1) is 11.5. The lowest BCUT2D eigenvalue weighted by molar-refractivity contribution is 0.208. The summed E-state index contributed by atoms with van der Waals surface area (Å²) in [4.78, 5) is 16.7. The van der Waals surface area contributed by atoms with Gasteiger partial charge in [0.15, 0.2) is 0 Å². The van der Waals surface area contributed by atoms with Crippen molar-refractivity contribution in [1.82, 2.24) is 4.90 Å². The SMILES string of the molecule is Cc1cc(C)cc(N2CCN(C(=O)Nc3ccccc3C)CC2)c1. The van der Waals surface area contributed by atoms with Gasteiger partial charge in [0.2, 0.25) is 0 Å². The number of hydrogen-bond donors (Lipinski definition) is 1. The highest BCUT2D eigenvalue weighted by molar-refractivity contribution is 5.90. The Balaban J connectivity index is 1.60. The molecule has 1 aliphatic rings. The van der Waals surface area contributed by atoms with Gasteiger partial charge in [0.05, 0.1) is 0 Å². The van der Waals surface area contributed by atoms with Gasteiger partial charge in [0.1, 0.15) is 0 Å². The van der Waals surface area contributed by atoms with Crippen LogP contribution >= 0.6 is 0 Å². The van der Waals surface area contributed by atoms with Crippen molar-refractivity contribution in [1.29, 1.82) is 0 Å². The van der Waals surface area contributed by atoms with Gasteiger partial charge in [-0.05, 0) is 55.7 Å². The molecule has 4 nitrogen and oxygen atoms in total. The number of benzene rings is 2. The van der Waals surface area contributed by atoms with Crippen molar-refractivity contribution in [3.05, 3.63) is 59.2 Å². The lowest BCUT2D eigenvalue weighted by Crippen LogP contribution is -2.50. The van der Waals surface area contributed by atoms with E-state index in [1.807, 2.05) is 36.1 Å². The molecule has 0 bridgehead atoms. The van der Waals surface area contributed by atoms with Crippen LogP contribution in [0, 0.1) is 20.8 Å². The van der Waals surface area contributed by atoms with Crippen LogP contribution in [0.3, 0.4) is 0 Å². The zero-order valence-electron chi connectivity index (χ0n) is 14.7. The minimum atomic E-state index is -0.00984. The number of aryl methyl sites for hydroxylation is 3. The molecular formula is C20H25N3O. The second-order valence-corrected chi connectivity index (χ2v) is 6.57. The molecule has 2 aromatic rings. The van der Waals surface area contributed by atoms with Gasteiger partial charge in [-0.2, -0.15) is 0 Å². The largest absolute Gasteiger partial charge is 0.368 e.